The van der Waals surface area contributed by atoms with E-state index in [2.05, 4.69) is 4.72 Å². The lowest BCUT2D eigenvalue weighted by Gasteiger charge is -2.10. The maximum absolute atomic E-state index is 12.4. The summed E-state index contributed by atoms with van der Waals surface area (Å²) in [6.45, 7) is 3.90. The summed E-state index contributed by atoms with van der Waals surface area (Å²) >= 11 is 1.41. The average molecular weight is 327 g/mol. The fourth-order valence-electron chi connectivity index (χ4n) is 1.80. The monoisotopic (exact) mass is 327 g/mol. The number of ether oxygens (including phenoxy) is 2. The minimum Gasteiger partial charge on any atom is -0.493 e. The van der Waals surface area contributed by atoms with Crippen molar-refractivity contribution >= 4 is 26.4 Å². The summed E-state index contributed by atoms with van der Waals surface area (Å²) in [4.78, 5) is 1.21. The molecule has 0 amide bonds. The number of rotatable bonds is 5. The first-order valence-corrected chi connectivity index (χ1v) is 8.49. The van der Waals surface area contributed by atoms with Crippen molar-refractivity contribution in [1.29, 1.82) is 0 Å². The van der Waals surface area contributed by atoms with Gasteiger partial charge in [-0.2, -0.15) is 0 Å². The summed E-state index contributed by atoms with van der Waals surface area (Å²) in [5.41, 5.74) is 1.06. The molecule has 0 saturated carbocycles. The summed E-state index contributed by atoms with van der Waals surface area (Å²) in [7, 11) is -0.682. The van der Waals surface area contributed by atoms with Crippen LogP contribution in [0.25, 0.3) is 0 Å². The highest BCUT2D eigenvalue weighted by atomic mass is 32.2. The lowest BCUT2D eigenvalue weighted by Crippen LogP contribution is -2.12. The van der Waals surface area contributed by atoms with Crippen molar-refractivity contribution in [2.45, 2.75) is 18.7 Å². The highest BCUT2D eigenvalue weighted by Gasteiger charge is 2.18. The Morgan fingerprint density at radius 3 is 2.24 bits per heavy atom. The van der Waals surface area contributed by atoms with Crippen LogP contribution in [0.1, 0.15) is 10.4 Å². The fourth-order valence-corrected chi connectivity index (χ4v) is 4.03. The van der Waals surface area contributed by atoms with Crippen LogP contribution < -0.4 is 14.2 Å². The fraction of sp³-hybridized carbons (Fsp3) is 0.286. The maximum atomic E-state index is 12.4. The minimum absolute atomic E-state index is 0.129. The molecule has 7 heteroatoms. The summed E-state index contributed by atoms with van der Waals surface area (Å²) in [6, 6.07) is 6.31. The van der Waals surface area contributed by atoms with Gasteiger partial charge in [0, 0.05) is 10.9 Å². The Labute approximate surface area is 128 Å². The first-order chi connectivity index (χ1) is 9.87. The van der Waals surface area contributed by atoms with Gasteiger partial charge in [0.2, 0.25) is 0 Å². The molecule has 0 atom stereocenters. The molecular weight excluding hydrogens is 310 g/mol. The molecule has 114 valence electrons. The van der Waals surface area contributed by atoms with Gasteiger partial charge in [-0.05, 0) is 37.6 Å². The highest BCUT2D eigenvalue weighted by Crippen LogP contribution is 2.32. The van der Waals surface area contributed by atoms with Crippen LogP contribution in [0.5, 0.6) is 11.5 Å². The molecule has 0 aliphatic carbocycles. The number of hydrogen-bond acceptors (Lipinski definition) is 5. The number of anilines is 1. The van der Waals surface area contributed by atoms with Crippen molar-refractivity contribution in [3.05, 3.63) is 34.7 Å². The van der Waals surface area contributed by atoms with Crippen LogP contribution in [0.2, 0.25) is 0 Å². The summed E-state index contributed by atoms with van der Waals surface area (Å²) in [6.07, 6.45) is 0. The van der Waals surface area contributed by atoms with Crippen LogP contribution in [0, 0.1) is 13.8 Å². The number of thiophene rings is 1. The standard InChI is InChI=1S/C14H17NO4S2/c1-9-7-14(20-10(9)2)15-21(16,17)11-5-6-12(18-3)13(8-11)19-4/h5-8,15H,1-4H3. The Balaban J connectivity index is 2.35. The topological polar surface area (TPSA) is 64.6 Å². The molecule has 0 saturated heterocycles. The lowest BCUT2D eigenvalue weighted by molar-refractivity contribution is 0.354. The number of sulfonamides is 1. The normalized spacial score (nSPS) is 11.2. The van der Waals surface area contributed by atoms with Crippen LogP contribution in [-0.2, 0) is 10.0 Å². The van der Waals surface area contributed by atoms with Gasteiger partial charge < -0.3 is 9.47 Å². The maximum Gasteiger partial charge on any atom is 0.262 e. The van der Waals surface area contributed by atoms with E-state index in [0.717, 1.165) is 10.4 Å². The molecule has 5 nitrogen and oxygen atoms in total. The van der Waals surface area contributed by atoms with Gasteiger partial charge >= 0.3 is 0 Å². The molecule has 1 aromatic heterocycles. The van der Waals surface area contributed by atoms with Gasteiger partial charge in [-0.3, -0.25) is 4.72 Å². The molecule has 1 N–H and O–H groups in total. The van der Waals surface area contributed by atoms with E-state index >= 15 is 0 Å². The van der Waals surface area contributed by atoms with Gasteiger partial charge in [-0.25, -0.2) is 8.42 Å². The Kier molecular flexibility index (Phi) is 4.43. The molecule has 0 fully saturated rings. The summed E-state index contributed by atoms with van der Waals surface area (Å²) in [5.74, 6) is 0.859. The molecule has 0 spiro atoms. The van der Waals surface area contributed by atoms with Crippen molar-refractivity contribution < 1.29 is 17.9 Å². The zero-order valence-corrected chi connectivity index (χ0v) is 13.9. The highest BCUT2D eigenvalue weighted by molar-refractivity contribution is 7.93. The van der Waals surface area contributed by atoms with E-state index < -0.39 is 10.0 Å². The molecule has 0 bridgehead atoms. The van der Waals surface area contributed by atoms with E-state index in [4.69, 9.17) is 9.47 Å². The molecule has 0 radical (unpaired) electrons. The largest absolute Gasteiger partial charge is 0.493 e. The van der Waals surface area contributed by atoms with E-state index in [1.54, 1.807) is 6.07 Å². The van der Waals surface area contributed by atoms with Crippen molar-refractivity contribution in [3.63, 3.8) is 0 Å². The lowest BCUT2D eigenvalue weighted by atomic mass is 10.3. The number of nitrogens with one attached hydrogen (secondary N) is 1. The Hall–Kier alpha value is -1.73. The first kappa shape index (κ1) is 15.7. The first-order valence-electron chi connectivity index (χ1n) is 6.19. The van der Waals surface area contributed by atoms with Crippen LogP contribution in [0.15, 0.2) is 29.2 Å². The van der Waals surface area contributed by atoms with Gasteiger partial charge in [0.1, 0.15) is 5.00 Å². The predicted molar refractivity (Wildman–Crippen MR) is 84.1 cm³/mol. The predicted octanol–water partition coefficient (Wildman–Crippen LogP) is 3.18. The third-order valence-electron chi connectivity index (χ3n) is 3.07. The third kappa shape index (κ3) is 3.30. The second-order valence-corrected chi connectivity index (χ2v) is 7.41. The van der Waals surface area contributed by atoms with Crippen molar-refractivity contribution in [2.75, 3.05) is 18.9 Å². The minimum atomic E-state index is -3.65. The van der Waals surface area contributed by atoms with Crippen LogP contribution in [0.3, 0.4) is 0 Å². The van der Waals surface area contributed by atoms with E-state index in [1.807, 2.05) is 19.9 Å². The van der Waals surface area contributed by atoms with E-state index in [0.29, 0.717) is 16.5 Å². The number of benzene rings is 1. The molecule has 0 aliphatic rings. The van der Waals surface area contributed by atoms with Gasteiger partial charge in [0.25, 0.3) is 10.0 Å². The smallest absolute Gasteiger partial charge is 0.262 e. The average Bonchev–Trinajstić information content (AvgIpc) is 2.75. The van der Waals surface area contributed by atoms with Gasteiger partial charge in [0.05, 0.1) is 19.1 Å². The zero-order valence-electron chi connectivity index (χ0n) is 12.3. The zero-order chi connectivity index (χ0) is 15.6. The van der Waals surface area contributed by atoms with Crippen LogP contribution in [-0.4, -0.2) is 22.6 Å². The van der Waals surface area contributed by atoms with Crippen molar-refractivity contribution in [1.82, 2.24) is 0 Å². The molecule has 2 aromatic rings. The molecule has 1 heterocycles. The molecule has 21 heavy (non-hydrogen) atoms. The van der Waals surface area contributed by atoms with Crippen molar-refractivity contribution in [2.24, 2.45) is 0 Å². The van der Waals surface area contributed by atoms with Gasteiger partial charge in [0.15, 0.2) is 11.5 Å². The number of hydrogen-bond donors (Lipinski definition) is 1. The summed E-state index contributed by atoms with van der Waals surface area (Å²) in [5, 5.41) is 0.597. The molecule has 0 aliphatic heterocycles. The Morgan fingerprint density at radius 2 is 1.71 bits per heavy atom. The quantitative estimate of drug-likeness (QED) is 0.916. The Bertz CT molecular complexity index is 731. The number of aryl methyl sites for hydroxylation is 2. The third-order valence-corrected chi connectivity index (χ3v) is 5.63. The second kappa shape index (κ2) is 5.95. The SMILES string of the molecule is COc1ccc(S(=O)(=O)Nc2cc(C)c(C)s2)cc1OC. The molecular formula is C14H17NO4S2. The van der Waals surface area contributed by atoms with Crippen LogP contribution in [0.4, 0.5) is 5.00 Å². The van der Waals surface area contributed by atoms with Gasteiger partial charge in [-0.1, -0.05) is 0 Å². The second-order valence-electron chi connectivity index (χ2n) is 4.47. The van der Waals surface area contributed by atoms with Crippen molar-refractivity contribution in [3.8, 4) is 11.5 Å². The van der Waals surface area contributed by atoms with Crippen LogP contribution >= 0.6 is 11.3 Å². The Morgan fingerprint density at radius 1 is 1.05 bits per heavy atom. The molecule has 1 aromatic carbocycles. The number of methoxy groups -OCH3 is 2. The van der Waals surface area contributed by atoms with Gasteiger partial charge in [-0.15, -0.1) is 11.3 Å². The van der Waals surface area contributed by atoms with E-state index in [1.165, 1.54) is 37.7 Å². The van der Waals surface area contributed by atoms with E-state index in [-0.39, 0.29) is 4.90 Å². The molecule has 0 unspecified atom stereocenters. The summed E-state index contributed by atoms with van der Waals surface area (Å²) < 4.78 is 37.6. The molecule has 2 rings (SSSR count). The van der Waals surface area contributed by atoms with E-state index in [9.17, 15) is 8.42 Å².